The maximum Gasteiger partial charge on any atom is 0.207 e. The highest BCUT2D eigenvalue weighted by Gasteiger charge is 2.44. The number of phenolic OH excluding ortho intramolecular Hbond substituents is 3. The van der Waals surface area contributed by atoms with E-state index in [0.29, 0.717) is 29.6 Å². The molecule has 2 bridgehead atoms. The van der Waals surface area contributed by atoms with Crippen LogP contribution in [0.1, 0.15) is 66.4 Å². The molecule has 9 nitrogen and oxygen atoms in total. The van der Waals surface area contributed by atoms with E-state index < -0.39 is 12.2 Å². The number of benzene rings is 3. The van der Waals surface area contributed by atoms with E-state index in [1.807, 2.05) is 18.2 Å². The Bertz CT molecular complexity index is 1560. The molecule has 0 unspecified atom stereocenters. The first-order valence-electron chi connectivity index (χ1n) is 15.3. The van der Waals surface area contributed by atoms with Gasteiger partial charge < -0.3 is 44.5 Å². The van der Waals surface area contributed by atoms with Gasteiger partial charge in [-0.2, -0.15) is 0 Å². The van der Waals surface area contributed by atoms with Gasteiger partial charge in [0.05, 0.1) is 20.8 Å². The number of hydrogen-bond acceptors (Lipinski definition) is 11. The Kier molecular flexibility index (Phi) is 9.42. The van der Waals surface area contributed by atoms with E-state index in [9.17, 15) is 25.5 Å². The summed E-state index contributed by atoms with van der Waals surface area (Å²) in [4.78, 5) is 0. The van der Waals surface area contributed by atoms with Crippen LogP contribution in [-0.4, -0.2) is 70.6 Å². The SMILES string of the molecule is COc1cc([C@@H]2Oc3cc(OCCO)c4c5c3[C@H](CSSCC[C@@H](C)CC[C@@H](C5)c3cc(O)ccc3-4)[C@H]2O)c(O)c(OC)c1O. The third kappa shape index (κ3) is 5.84. The highest BCUT2D eigenvalue weighted by Crippen LogP contribution is 2.57. The summed E-state index contributed by atoms with van der Waals surface area (Å²) >= 11 is 0. The molecule has 11 heteroatoms. The van der Waals surface area contributed by atoms with E-state index >= 15 is 0 Å². The molecule has 45 heavy (non-hydrogen) atoms. The van der Waals surface area contributed by atoms with Crippen molar-refractivity contribution in [2.75, 3.05) is 38.9 Å². The molecular formula is C34H40O9S2. The largest absolute Gasteiger partial charge is 0.508 e. The second kappa shape index (κ2) is 13.3. The van der Waals surface area contributed by atoms with Gasteiger partial charge in [-0.3, -0.25) is 0 Å². The van der Waals surface area contributed by atoms with Crippen molar-refractivity contribution in [1.82, 2.24) is 0 Å². The quantitative estimate of drug-likeness (QED) is 0.192. The van der Waals surface area contributed by atoms with Crippen LogP contribution >= 0.6 is 21.6 Å². The Hall–Kier alpha value is -3.12. The second-order valence-corrected chi connectivity index (χ2v) is 14.6. The molecule has 242 valence electrons. The summed E-state index contributed by atoms with van der Waals surface area (Å²) in [6.45, 7) is 2.20. The monoisotopic (exact) mass is 656 g/mol. The molecule has 5 N–H and O–H groups in total. The van der Waals surface area contributed by atoms with Crippen molar-refractivity contribution < 1.29 is 44.5 Å². The van der Waals surface area contributed by atoms with Gasteiger partial charge in [-0.25, -0.2) is 0 Å². The standard InChI is InChI=1S/C34H40O9S2/c1-17-4-5-18-12-22-28(20-7-6-19(36)13-21(18)20)25(42-10-9-35)15-26-29(22)24(16-45-44-11-8-17)31(38)33(43-26)23-14-27(40-2)32(39)34(41-3)30(23)37/h6-7,13-15,17-18,24,31,33,35-39H,4-5,8-12,16H2,1-3H3/t17-,18-,24-,31+,33-/m0/s1. The molecule has 1 aliphatic carbocycles. The van der Waals surface area contributed by atoms with E-state index in [1.165, 1.54) is 20.3 Å². The minimum absolute atomic E-state index is 0.0781. The molecule has 3 aliphatic rings. The summed E-state index contributed by atoms with van der Waals surface area (Å²) in [6, 6.07) is 8.77. The van der Waals surface area contributed by atoms with Gasteiger partial charge in [-0.1, -0.05) is 41.0 Å². The number of aromatic hydroxyl groups is 3. The Morgan fingerprint density at radius 3 is 2.51 bits per heavy atom. The van der Waals surface area contributed by atoms with Crippen molar-refractivity contribution in [1.29, 1.82) is 0 Å². The number of aliphatic hydroxyl groups is 2. The maximum atomic E-state index is 12.1. The van der Waals surface area contributed by atoms with E-state index in [0.717, 1.165) is 52.8 Å². The predicted octanol–water partition coefficient (Wildman–Crippen LogP) is 6.28. The Labute approximate surface area is 270 Å². The number of aliphatic hydroxyl groups excluding tert-OH is 2. The molecule has 0 aromatic heterocycles. The lowest BCUT2D eigenvalue weighted by atomic mass is 9.71. The van der Waals surface area contributed by atoms with Crippen molar-refractivity contribution in [3.63, 3.8) is 0 Å². The molecule has 0 fully saturated rings. The summed E-state index contributed by atoms with van der Waals surface area (Å²) in [6.07, 6.45) is 1.69. The fraction of sp³-hybridized carbons (Fsp3) is 0.471. The van der Waals surface area contributed by atoms with E-state index in [2.05, 4.69) is 6.92 Å². The minimum Gasteiger partial charge on any atom is -0.508 e. The number of hydrogen-bond donors (Lipinski definition) is 5. The molecular weight excluding hydrogens is 616 g/mol. The molecule has 5 atom stereocenters. The fourth-order valence-corrected chi connectivity index (χ4v) is 9.58. The predicted molar refractivity (Wildman–Crippen MR) is 175 cm³/mol. The summed E-state index contributed by atoms with van der Waals surface area (Å²) in [7, 11) is 6.25. The van der Waals surface area contributed by atoms with E-state index in [1.54, 1.807) is 27.7 Å². The molecule has 0 spiro atoms. The molecule has 6 rings (SSSR count). The number of rotatable bonds is 6. The molecule has 0 radical (unpaired) electrons. The van der Waals surface area contributed by atoms with Crippen molar-refractivity contribution in [2.24, 2.45) is 5.92 Å². The lowest BCUT2D eigenvalue weighted by molar-refractivity contribution is 0.00293. The van der Waals surface area contributed by atoms with Gasteiger partial charge in [0.25, 0.3) is 0 Å². The zero-order valence-corrected chi connectivity index (χ0v) is 27.2. The summed E-state index contributed by atoms with van der Waals surface area (Å²) < 4.78 is 23.4. The normalized spacial score (nSPS) is 24.2. The Morgan fingerprint density at radius 2 is 1.76 bits per heavy atom. The van der Waals surface area contributed by atoms with Crippen molar-refractivity contribution >= 4 is 21.6 Å². The first kappa shape index (κ1) is 31.8. The van der Waals surface area contributed by atoms with Crippen molar-refractivity contribution in [3.8, 4) is 51.4 Å². The van der Waals surface area contributed by atoms with Crippen LogP contribution in [-0.2, 0) is 6.42 Å². The van der Waals surface area contributed by atoms with Crippen LogP contribution < -0.4 is 18.9 Å². The molecule has 2 heterocycles. The summed E-state index contributed by atoms with van der Waals surface area (Å²) in [5.74, 6) is 2.41. The topological polar surface area (TPSA) is 138 Å². The van der Waals surface area contributed by atoms with Crippen LogP contribution in [0, 0.1) is 5.92 Å². The lowest BCUT2D eigenvalue weighted by Gasteiger charge is -2.41. The molecule has 0 saturated carbocycles. The average molecular weight is 657 g/mol. The first-order chi connectivity index (χ1) is 21.8. The van der Waals surface area contributed by atoms with Crippen molar-refractivity contribution in [3.05, 3.63) is 52.6 Å². The van der Waals surface area contributed by atoms with Crippen LogP contribution in [0.4, 0.5) is 0 Å². The van der Waals surface area contributed by atoms with Crippen LogP contribution in [0.15, 0.2) is 30.3 Å². The first-order valence-corrected chi connectivity index (χ1v) is 17.8. The summed E-state index contributed by atoms with van der Waals surface area (Å²) in [5, 5.41) is 54.1. The van der Waals surface area contributed by atoms with Crippen molar-refractivity contribution in [2.45, 2.75) is 56.7 Å². The number of phenols is 3. The second-order valence-electron chi connectivity index (χ2n) is 12.0. The fourth-order valence-electron chi connectivity index (χ4n) is 6.99. The van der Waals surface area contributed by atoms with Gasteiger partial charge in [-0.15, -0.1) is 0 Å². The number of fused-ring (bicyclic) bond motifs is 4. The average Bonchev–Trinajstić information content (AvgIpc) is 3.04. The Balaban J connectivity index is 1.57. The highest BCUT2D eigenvalue weighted by atomic mass is 33.1. The van der Waals surface area contributed by atoms with Crippen LogP contribution in [0.3, 0.4) is 0 Å². The van der Waals surface area contributed by atoms with Gasteiger partial charge >= 0.3 is 0 Å². The van der Waals surface area contributed by atoms with Gasteiger partial charge in [0.1, 0.15) is 30.0 Å². The highest BCUT2D eigenvalue weighted by molar-refractivity contribution is 8.76. The molecule has 0 saturated heterocycles. The summed E-state index contributed by atoms with van der Waals surface area (Å²) in [5.41, 5.74) is 5.11. The third-order valence-electron chi connectivity index (χ3n) is 9.28. The van der Waals surface area contributed by atoms with Gasteiger partial charge in [0.15, 0.2) is 17.6 Å². The van der Waals surface area contributed by atoms with Crippen LogP contribution in [0.2, 0.25) is 0 Å². The number of methoxy groups -OCH3 is 2. The lowest BCUT2D eigenvalue weighted by Crippen LogP contribution is -2.37. The molecule has 0 amide bonds. The van der Waals surface area contributed by atoms with Gasteiger partial charge in [0, 0.05) is 40.2 Å². The number of ether oxygens (including phenoxy) is 4. The van der Waals surface area contributed by atoms with Gasteiger partial charge in [-0.05, 0) is 66.0 Å². The minimum atomic E-state index is -1.06. The Morgan fingerprint density at radius 1 is 0.933 bits per heavy atom. The van der Waals surface area contributed by atoms with E-state index in [-0.39, 0.29) is 59.4 Å². The molecule has 3 aromatic rings. The molecule has 2 aliphatic heterocycles. The smallest absolute Gasteiger partial charge is 0.207 e. The maximum absolute atomic E-state index is 12.1. The van der Waals surface area contributed by atoms with E-state index in [4.69, 9.17) is 18.9 Å². The zero-order chi connectivity index (χ0) is 31.8. The van der Waals surface area contributed by atoms with Gasteiger partial charge in [0.2, 0.25) is 11.5 Å². The zero-order valence-electron chi connectivity index (χ0n) is 25.6. The molecule has 3 aromatic carbocycles. The van der Waals surface area contributed by atoms with Crippen LogP contribution in [0.5, 0.6) is 40.2 Å². The third-order valence-corrected chi connectivity index (χ3v) is 11.8. The van der Waals surface area contributed by atoms with Crippen LogP contribution in [0.25, 0.3) is 11.1 Å².